The SMILES string of the molecule is Cc1cc(Nc2ccc(NC(=O)c3ccc(C(=O)NO)cc3)cc2)c2ccccc2n1. The third-order valence-electron chi connectivity index (χ3n) is 4.78. The predicted molar refractivity (Wildman–Crippen MR) is 120 cm³/mol. The summed E-state index contributed by atoms with van der Waals surface area (Å²) in [5, 5.41) is 15.9. The summed E-state index contributed by atoms with van der Waals surface area (Å²) in [7, 11) is 0. The fourth-order valence-corrected chi connectivity index (χ4v) is 3.24. The Morgan fingerprint density at radius 2 is 1.42 bits per heavy atom. The number of hydroxylamine groups is 1. The van der Waals surface area contributed by atoms with Crippen LogP contribution in [0.4, 0.5) is 17.1 Å². The Bertz CT molecular complexity index is 1250. The molecule has 0 fully saturated rings. The summed E-state index contributed by atoms with van der Waals surface area (Å²) in [6, 6.07) is 23.3. The molecule has 0 saturated carbocycles. The number of nitrogens with zero attached hydrogens (tertiary/aromatic N) is 1. The summed E-state index contributed by atoms with van der Waals surface area (Å²) in [6.07, 6.45) is 0. The van der Waals surface area contributed by atoms with Gasteiger partial charge in [-0.2, -0.15) is 0 Å². The summed E-state index contributed by atoms with van der Waals surface area (Å²) in [5.41, 5.74) is 6.55. The lowest BCUT2D eigenvalue weighted by Crippen LogP contribution is -2.19. The van der Waals surface area contributed by atoms with Crippen molar-refractivity contribution >= 4 is 39.8 Å². The molecule has 7 heteroatoms. The van der Waals surface area contributed by atoms with Crippen LogP contribution in [0.25, 0.3) is 10.9 Å². The van der Waals surface area contributed by atoms with Crippen molar-refractivity contribution in [1.82, 2.24) is 10.5 Å². The molecule has 0 aliphatic carbocycles. The summed E-state index contributed by atoms with van der Waals surface area (Å²) in [5.74, 6) is -0.931. The van der Waals surface area contributed by atoms with E-state index in [0.717, 1.165) is 28.0 Å². The second-order valence-corrected chi connectivity index (χ2v) is 7.00. The number of aryl methyl sites for hydroxylation is 1. The van der Waals surface area contributed by atoms with E-state index >= 15 is 0 Å². The molecule has 0 radical (unpaired) electrons. The molecule has 4 N–H and O–H groups in total. The van der Waals surface area contributed by atoms with E-state index in [1.807, 2.05) is 61.5 Å². The number of nitrogens with one attached hydrogen (secondary N) is 3. The Labute approximate surface area is 178 Å². The molecule has 4 aromatic rings. The number of anilines is 3. The van der Waals surface area contributed by atoms with Crippen LogP contribution in [0.3, 0.4) is 0 Å². The third-order valence-corrected chi connectivity index (χ3v) is 4.78. The van der Waals surface area contributed by atoms with E-state index in [-0.39, 0.29) is 11.5 Å². The zero-order valence-corrected chi connectivity index (χ0v) is 16.7. The van der Waals surface area contributed by atoms with Crippen LogP contribution in [0.15, 0.2) is 78.9 Å². The molecule has 0 atom stereocenters. The Hall–Kier alpha value is -4.23. The zero-order chi connectivity index (χ0) is 21.8. The van der Waals surface area contributed by atoms with E-state index in [9.17, 15) is 9.59 Å². The van der Waals surface area contributed by atoms with Gasteiger partial charge >= 0.3 is 0 Å². The summed E-state index contributed by atoms with van der Waals surface area (Å²) in [6.45, 7) is 1.96. The van der Waals surface area contributed by atoms with Crippen molar-refractivity contribution in [3.63, 3.8) is 0 Å². The smallest absolute Gasteiger partial charge is 0.274 e. The topological polar surface area (TPSA) is 103 Å². The molecule has 0 spiro atoms. The molecule has 0 aliphatic heterocycles. The monoisotopic (exact) mass is 412 g/mol. The number of pyridine rings is 1. The van der Waals surface area contributed by atoms with Crippen LogP contribution in [0.2, 0.25) is 0 Å². The summed E-state index contributed by atoms with van der Waals surface area (Å²) >= 11 is 0. The summed E-state index contributed by atoms with van der Waals surface area (Å²) in [4.78, 5) is 28.4. The van der Waals surface area contributed by atoms with E-state index in [2.05, 4.69) is 15.6 Å². The Balaban J connectivity index is 1.46. The molecular weight excluding hydrogens is 392 g/mol. The van der Waals surface area contributed by atoms with Gasteiger partial charge in [0.15, 0.2) is 0 Å². The van der Waals surface area contributed by atoms with Crippen molar-refractivity contribution in [3.05, 3.63) is 95.7 Å². The number of hydrogen-bond acceptors (Lipinski definition) is 5. The van der Waals surface area contributed by atoms with Crippen LogP contribution in [-0.2, 0) is 0 Å². The van der Waals surface area contributed by atoms with E-state index in [0.29, 0.717) is 11.3 Å². The van der Waals surface area contributed by atoms with Gasteiger partial charge in [0, 0.05) is 39.3 Å². The third kappa shape index (κ3) is 4.52. The molecule has 3 aromatic carbocycles. The van der Waals surface area contributed by atoms with Gasteiger partial charge in [0.05, 0.1) is 5.52 Å². The molecule has 31 heavy (non-hydrogen) atoms. The maximum absolute atomic E-state index is 12.4. The minimum Gasteiger partial charge on any atom is -0.355 e. The van der Waals surface area contributed by atoms with Gasteiger partial charge in [-0.3, -0.25) is 19.8 Å². The number of fused-ring (bicyclic) bond motifs is 1. The van der Waals surface area contributed by atoms with Crippen LogP contribution < -0.4 is 16.1 Å². The quantitative estimate of drug-likeness (QED) is 0.282. The first-order valence-electron chi connectivity index (χ1n) is 9.63. The molecule has 2 amide bonds. The lowest BCUT2D eigenvalue weighted by atomic mass is 10.1. The molecule has 7 nitrogen and oxygen atoms in total. The number of carbonyl (C=O) groups is 2. The Morgan fingerprint density at radius 3 is 2.10 bits per heavy atom. The molecule has 0 saturated heterocycles. The number of para-hydroxylation sites is 1. The van der Waals surface area contributed by atoms with Gasteiger partial charge in [-0.25, -0.2) is 5.48 Å². The lowest BCUT2D eigenvalue weighted by molar-refractivity contribution is 0.0706. The number of carbonyl (C=O) groups excluding carboxylic acids is 2. The van der Waals surface area contributed by atoms with E-state index in [1.54, 1.807) is 5.48 Å². The molecule has 4 rings (SSSR count). The van der Waals surface area contributed by atoms with Crippen molar-refractivity contribution in [2.24, 2.45) is 0 Å². The van der Waals surface area contributed by atoms with Gasteiger partial charge in [0.25, 0.3) is 11.8 Å². The maximum Gasteiger partial charge on any atom is 0.274 e. The van der Waals surface area contributed by atoms with Gasteiger partial charge in [0.1, 0.15) is 0 Å². The molecule has 1 aromatic heterocycles. The van der Waals surface area contributed by atoms with Crippen LogP contribution >= 0.6 is 0 Å². The van der Waals surface area contributed by atoms with E-state index in [4.69, 9.17) is 5.21 Å². The highest BCUT2D eigenvalue weighted by Gasteiger charge is 2.09. The van der Waals surface area contributed by atoms with Gasteiger partial charge in [0.2, 0.25) is 0 Å². The first kappa shape index (κ1) is 20.1. The second kappa shape index (κ2) is 8.64. The van der Waals surface area contributed by atoms with E-state index in [1.165, 1.54) is 24.3 Å². The maximum atomic E-state index is 12.4. The first-order chi connectivity index (χ1) is 15.0. The zero-order valence-electron chi connectivity index (χ0n) is 16.7. The summed E-state index contributed by atoms with van der Waals surface area (Å²) < 4.78 is 0. The normalized spacial score (nSPS) is 10.5. The number of rotatable bonds is 5. The fourth-order valence-electron chi connectivity index (χ4n) is 3.24. The molecule has 154 valence electrons. The van der Waals surface area contributed by atoms with Crippen LogP contribution in [0.5, 0.6) is 0 Å². The highest BCUT2D eigenvalue weighted by Crippen LogP contribution is 2.27. The number of benzene rings is 3. The average molecular weight is 412 g/mol. The lowest BCUT2D eigenvalue weighted by Gasteiger charge is -2.12. The van der Waals surface area contributed by atoms with Crippen LogP contribution in [-0.4, -0.2) is 22.0 Å². The van der Waals surface area contributed by atoms with Gasteiger partial charge < -0.3 is 10.6 Å². The molecule has 1 heterocycles. The van der Waals surface area contributed by atoms with Crippen molar-refractivity contribution in [1.29, 1.82) is 0 Å². The highest BCUT2D eigenvalue weighted by atomic mass is 16.5. The van der Waals surface area contributed by atoms with E-state index < -0.39 is 5.91 Å². The minimum atomic E-state index is -0.632. The van der Waals surface area contributed by atoms with Crippen molar-refractivity contribution in [2.45, 2.75) is 6.92 Å². The van der Waals surface area contributed by atoms with Gasteiger partial charge in [-0.15, -0.1) is 0 Å². The number of amides is 2. The first-order valence-corrected chi connectivity index (χ1v) is 9.63. The number of aromatic nitrogens is 1. The van der Waals surface area contributed by atoms with Crippen LogP contribution in [0, 0.1) is 6.92 Å². The second-order valence-electron chi connectivity index (χ2n) is 7.00. The molecular formula is C24H20N4O3. The Morgan fingerprint density at radius 1 is 0.806 bits per heavy atom. The largest absolute Gasteiger partial charge is 0.355 e. The van der Waals surface area contributed by atoms with Crippen molar-refractivity contribution in [2.75, 3.05) is 10.6 Å². The molecule has 0 aliphatic rings. The predicted octanol–water partition coefficient (Wildman–Crippen LogP) is 4.66. The van der Waals surface area contributed by atoms with Gasteiger partial charge in [-0.05, 0) is 67.6 Å². The Kier molecular flexibility index (Phi) is 5.59. The highest BCUT2D eigenvalue weighted by molar-refractivity contribution is 6.05. The standard InChI is InChI=1S/C24H20N4O3/c1-15-14-22(20-4-2-3-5-21(20)25-15)26-18-10-12-19(13-11-18)27-23(29)16-6-8-17(9-7-16)24(30)28-31/h2-14,31H,1H3,(H,25,26)(H,27,29)(H,28,30). The molecule has 0 unspecified atom stereocenters. The van der Waals surface area contributed by atoms with Crippen LogP contribution in [0.1, 0.15) is 26.4 Å². The van der Waals surface area contributed by atoms with Crippen molar-refractivity contribution in [3.8, 4) is 0 Å². The van der Waals surface area contributed by atoms with Gasteiger partial charge in [-0.1, -0.05) is 18.2 Å². The number of hydrogen-bond donors (Lipinski definition) is 4. The molecule has 0 bridgehead atoms. The fraction of sp³-hybridized carbons (Fsp3) is 0.0417. The minimum absolute atomic E-state index is 0.258. The average Bonchev–Trinajstić information content (AvgIpc) is 2.79. The van der Waals surface area contributed by atoms with Crippen molar-refractivity contribution < 1.29 is 14.8 Å².